The van der Waals surface area contributed by atoms with Gasteiger partial charge in [-0.15, -0.1) is 5.10 Å². The Hall–Kier alpha value is -2.24. The predicted molar refractivity (Wildman–Crippen MR) is 84.7 cm³/mol. The number of carbonyl (C=O) groups is 1. The van der Waals surface area contributed by atoms with Crippen molar-refractivity contribution in [1.82, 2.24) is 25.1 Å². The first-order chi connectivity index (χ1) is 11.2. The fourth-order valence-electron chi connectivity index (χ4n) is 3.77. The average molecular weight is 311 g/mol. The normalized spacial score (nSPS) is 22.8. The summed E-state index contributed by atoms with van der Waals surface area (Å²) in [6, 6.07) is 10.2. The van der Waals surface area contributed by atoms with Crippen molar-refractivity contribution in [2.24, 2.45) is 7.05 Å². The van der Waals surface area contributed by atoms with Crippen LogP contribution in [0.4, 0.5) is 0 Å². The van der Waals surface area contributed by atoms with Crippen molar-refractivity contribution < 1.29 is 4.79 Å². The minimum absolute atomic E-state index is 0.235. The lowest BCUT2D eigenvalue weighted by molar-refractivity contribution is -0.135. The standard InChI is InChI=1S/C17H21N5O/c1-21-15(18-19-20-21)13-6-5-11-22(12-13)16(23)17(9-10-17)14-7-3-2-4-8-14/h2-4,7-8,13H,5-6,9-12H2,1H3. The molecule has 1 amide bonds. The second-order valence-corrected chi connectivity index (χ2v) is 6.70. The smallest absolute Gasteiger partial charge is 0.233 e. The number of aromatic nitrogens is 4. The summed E-state index contributed by atoms with van der Waals surface area (Å²) in [6.45, 7) is 1.57. The number of carbonyl (C=O) groups excluding carboxylic acids is 1. The number of aryl methyl sites for hydroxylation is 1. The van der Waals surface area contributed by atoms with Crippen LogP contribution in [0.5, 0.6) is 0 Å². The molecule has 6 nitrogen and oxygen atoms in total. The minimum atomic E-state index is -0.277. The zero-order chi connectivity index (χ0) is 15.9. The first-order valence-electron chi connectivity index (χ1n) is 8.28. The molecule has 2 aliphatic rings. The van der Waals surface area contributed by atoms with Crippen molar-refractivity contribution in [3.05, 3.63) is 41.7 Å². The van der Waals surface area contributed by atoms with E-state index in [4.69, 9.17) is 0 Å². The van der Waals surface area contributed by atoms with Crippen LogP contribution in [0.25, 0.3) is 0 Å². The molecule has 0 spiro atoms. The molecule has 2 heterocycles. The minimum Gasteiger partial charge on any atom is -0.341 e. The number of hydrogen-bond donors (Lipinski definition) is 0. The van der Waals surface area contributed by atoms with Crippen molar-refractivity contribution in [3.8, 4) is 0 Å². The van der Waals surface area contributed by atoms with Gasteiger partial charge in [0.05, 0.1) is 5.41 Å². The second-order valence-electron chi connectivity index (χ2n) is 6.70. The van der Waals surface area contributed by atoms with Crippen molar-refractivity contribution >= 4 is 5.91 Å². The topological polar surface area (TPSA) is 63.9 Å². The summed E-state index contributed by atoms with van der Waals surface area (Å²) in [4.78, 5) is 15.2. The Morgan fingerprint density at radius 1 is 1.26 bits per heavy atom. The van der Waals surface area contributed by atoms with Crippen LogP contribution in [0.1, 0.15) is 43.0 Å². The summed E-state index contributed by atoms with van der Waals surface area (Å²) in [5.74, 6) is 1.40. The molecule has 1 saturated heterocycles. The van der Waals surface area contributed by atoms with E-state index in [0.29, 0.717) is 0 Å². The number of piperidine rings is 1. The van der Waals surface area contributed by atoms with Crippen molar-refractivity contribution in [2.45, 2.75) is 37.0 Å². The lowest BCUT2D eigenvalue weighted by Crippen LogP contribution is -2.44. The monoisotopic (exact) mass is 311 g/mol. The number of nitrogens with zero attached hydrogens (tertiary/aromatic N) is 5. The molecule has 2 fully saturated rings. The molecule has 6 heteroatoms. The molecule has 4 rings (SSSR count). The Labute approximate surface area is 135 Å². The Bertz CT molecular complexity index is 707. The van der Waals surface area contributed by atoms with Crippen LogP contribution in [0.2, 0.25) is 0 Å². The van der Waals surface area contributed by atoms with E-state index in [1.165, 1.54) is 0 Å². The Morgan fingerprint density at radius 2 is 2.04 bits per heavy atom. The number of benzene rings is 1. The summed E-state index contributed by atoms with van der Waals surface area (Å²) in [5.41, 5.74) is 0.883. The van der Waals surface area contributed by atoms with Crippen LogP contribution in [0.15, 0.2) is 30.3 Å². The highest BCUT2D eigenvalue weighted by molar-refractivity contribution is 5.91. The van der Waals surface area contributed by atoms with Crippen LogP contribution in [0, 0.1) is 0 Å². The predicted octanol–water partition coefficient (Wildman–Crippen LogP) is 1.65. The van der Waals surface area contributed by atoms with E-state index in [-0.39, 0.29) is 17.2 Å². The van der Waals surface area contributed by atoms with E-state index in [1.54, 1.807) is 4.68 Å². The van der Waals surface area contributed by atoms with Crippen molar-refractivity contribution in [1.29, 1.82) is 0 Å². The van der Waals surface area contributed by atoms with Gasteiger partial charge < -0.3 is 4.90 Å². The third-order valence-corrected chi connectivity index (χ3v) is 5.21. The second kappa shape index (κ2) is 5.44. The molecule has 2 aromatic rings. The third kappa shape index (κ3) is 2.42. The first kappa shape index (κ1) is 14.4. The number of likely N-dealkylation sites (tertiary alicyclic amines) is 1. The molecule has 1 aromatic heterocycles. The molecule has 0 radical (unpaired) electrons. The largest absolute Gasteiger partial charge is 0.341 e. The molecule has 0 N–H and O–H groups in total. The maximum atomic E-state index is 13.2. The van der Waals surface area contributed by atoms with Gasteiger partial charge in [0, 0.05) is 26.1 Å². The molecule has 23 heavy (non-hydrogen) atoms. The van der Waals surface area contributed by atoms with Crippen LogP contribution >= 0.6 is 0 Å². The quantitative estimate of drug-likeness (QED) is 0.864. The summed E-state index contributed by atoms with van der Waals surface area (Å²) in [6.07, 6.45) is 3.97. The fourth-order valence-corrected chi connectivity index (χ4v) is 3.77. The highest BCUT2D eigenvalue weighted by Crippen LogP contribution is 2.50. The highest BCUT2D eigenvalue weighted by Gasteiger charge is 2.53. The van der Waals surface area contributed by atoms with Gasteiger partial charge in [0.25, 0.3) is 0 Å². The maximum Gasteiger partial charge on any atom is 0.233 e. The van der Waals surface area contributed by atoms with Gasteiger partial charge in [0.1, 0.15) is 0 Å². The SMILES string of the molecule is Cn1nnnc1C1CCCN(C(=O)C2(c3ccccc3)CC2)C1. The molecular weight excluding hydrogens is 290 g/mol. The Kier molecular flexibility index (Phi) is 3.39. The lowest BCUT2D eigenvalue weighted by Gasteiger charge is -2.34. The van der Waals surface area contributed by atoms with Gasteiger partial charge in [-0.1, -0.05) is 30.3 Å². The number of rotatable bonds is 3. The summed E-state index contributed by atoms with van der Waals surface area (Å²) in [5, 5.41) is 11.8. The summed E-state index contributed by atoms with van der Waals surface area (Å²) in [7, 11) is 1.86. The van der Waals surface area contributed by atoms with Crippen LogP contribution in [-0.4, -0.2) is 44.1 Å². The van der Waals surface area contributed by atoms with E-state index >= 15 is 0 Å². The van der Waals surface area contributed by atoms with Crippen LogP contribution in [0.3, 0.4) is 0 Å². The lowest BCUT2D eigenvalue weighted by atomic mass is 9.91. The van der Waals surface area contributed by atoms with E-state index in [2.05, 4.69) is 27.7 Å². The molecular formula is C17H21N5O. The maximum absolute atomic E-state index is 13.2. The van der Waals surface area contributed by atoms with Crippen molar-refractivity contribution in [2.75, 3.05) is 13.1 Å². The number of amides is 1. The third-order valence-electron chi connectivity index (χ3n) is 5.21. The molecule has 1 aromatic carbocycles. The van der Waals surface area contributed by atoms with Gasteiger partial charge in [0.2, 0.25) is 5.91 Å². The molecule has 1 aliphatic heterocycles. The molecule has 1 unspecified atom stereocenters. The molecule has 0 bridgehead atoms. The summed E-state index contributed by atoms with van der Waals surface area (Å²) < 4.78 is 1.72. The number of tetrazole rings is 1. The summed E-state index contributed by atoms with van der Waals surface area (Å²) >= 11 is 0. The average Bonchev–Trinajstić information content (AvgIpc) is 3.31. The van der Waals surface area contributed by atoms with Gasteiger partial charge in [-0.05, 0) is 41.7 Å². The van der Waals surface area contributed by atoms with Crippen LogP contribution < -0.4 is 0 Å². The van der Waals surface area contributed by atoms with E-state index in [0.717, 1.165) is 50.2 Å². The molecule has 120 valence electrons. The van der Waals surface area contributed by atoms with E-state index in [1.807, 2.05) is 30.1 Å². The number of hydrogen-bond acceptors (Lipinski definition) is 4. The zero-order valence-electron chi connectivity index (χ0n) is 13.4. The van der Waals surface area contributed by atoms with Gasteiger partial charge in [-0.2, -0.15) is 0 Å². The Balaban J connectivity index is 1.54. The molecule has 1 aliphatic carbocycles. The first-order valence-corrected chi connectivity index (χ1v) is 8.28. The van der Waals surface area contributed by atoms with E-state index in [9.17, 15) is 4.79 Å². The Morgan fingerprint density at radius 3 is 2.70 bits per heavy atom. The molecule has 1 saturated carbocycles. The van der Waals surface area contributed by atoms with Crippen molar-refractivity contribution in [3.63, 3.8) is 0 Å². The van der Waals surface area contributed by atoms with Gasteiger partial charge in [-0.25, -0.2) is 4.68 Å². The zero-order valence-corrected chi connectivity index (χ0v) is 13.4. The molecule has 1 atom stereocenters. The van der Waals surface area contributed by atoms with Gasteiger partial charge in [0.15, 0.2) is 5.82 Å². The van der Waals surface area contributed by atoms with Crippen LogP contribution in [-0.2, 0) is 17.3 Å². The fraction of sp³-hybridized carbons (Fsp3) is 0.529. The van der Waals surface area contributed by atoms with Gasteiger partial charge in [-0.3, -0.25) is 4.79 Å². The van der Waals surface area contributed by atoms with Gasteiger partial charge >= 0.3 is 0 Å². The van der Waals surface area contributed by atoms with E-state index < -0.39 is 0 Å². The highest BCUT2D eigenvalue weighted by atomic mass is 16.2.